The van der Waals surface area contributed by atoms with Crippen molar-refractivity contribution in [2.24, 2.45) is 0 Å². The topological polar surface area (TPSA) is 67.4 Å². The number of rotatable bonds is 6. The van der Waals surface area contributed by atoms with Crippen molar-refractivity contribution in [1.82, 2.24) is 0 Å². The molecule has 2 aromatic carbocycles. The molecule has 0 spiro atoms. The molecule has 25 heavy (non-hydrogen) atoms. The van der Waals surface area contributed by atoms with Gasteiger partial charge in [-0.05, 0) is 61.7 Å². The minimum Gasteiger partial charge on any atom is -0.484 e. The molecule has 2 aromatic rings. The van der Waals surface area contributed by atoms with Crippen LogP contribution < -0.4 is 15.4 Å². The molecule has 5 nitrogen and oxygen atoms in total. The van der Waals surface area contributed by atoms with Crippen molar-refractivity contribution < 1.29 is 14.3 Å². The summed E-state index contributed by atoms with van der Waals surface area (Å²) in [6, 6.07) is 11.2. The molecule has 0 bridgehead atoms. The number of benzene rings is 2. The number of ether oxygens (including phenoxy) is 1. The van der Waals surface area contributed by atoms with E-state index in [4.69, 9.17) is 4.74 Å². The molecule has 0 radical (unpaired) electrons. The van der Waals surface area contributed by atoms with Gasteiger partial charge in [0, 0.05) is 17.8 Å². The lowest BCUT2D eigenvalue weighted by Crippen LogP contribution is -2.20. The highest BCUT2D eigenvalue weighted by Crippen LogP contribution is 2.21. The minimum absolute atomic E-state index is 0.0651. The molecule has 0 aliphatic heterocycles. The van der Waals surface area contributed by atoms with Gasteiger partial charge in [-0.2, -0.15) is 0 Å². The smallest absolute Gasteiger partial charge is 0.262 e. The Labute approximate surface area is 148 Å². The van der Waals surface area contributed by atoms with E-state index in [1.165, 1.54) is 0 Å². The molecule has 5 heteroatoms. The molecule has 2 rings (SSSR count). The van der Waals surface area contributed by atoms with E-state index in [9.17, 15) is 9.59 Å². The van der Waals surface area contributed by atoms with Crippen LogP contribution >= 0.6 is 0 Å². The van der Waals surface area contributed by atoms with Gasteiger partial charge < -0.3 is 15.4 Å². The fourth-order valence-electron chi connectivity index (χ4n) is 2.44. The highest BCUT2D eigenvalue weighted by atomic mass is 16.5. The number of carbonyl (C=O) groups excluding carboxylic acids is 2. The molecule has 0 fully saturated rings. The third kappa shape index (κ3) is 5.64. The molecule has 0 aliphatic rings. The Hall–Kier alpha value is -2.82. The number of carbonyl (C=O) groups is 2. The SMILES string of the molecule is CCC(=O)Nc1cc(NC(=O)COc2cc(C)cc(C)c2)ccc1C. The van der Waals surface area contributed by atoms with Gasteiger partial charge in [0.25, 0.3) is 5.91 Å². The molecule has 0 heterocycles. The van der Waals surface area contributed by atoms with Crippen LogP contribution in [0.3, 0.4) is 0 Å². The number of aryl methyl sites for hydroxylation is 3. The minimum atomic E-state index is -0.254. The van der Waals surface area contributed by atoms with Gasteiger partial charge in [0.15, 0.2) is 6.61 Å². The van der Waals surface area contributed by atoms with Crippen LogP contribution in [0.15, 0.2) is 36.4 Å². The van der Waals surface area contributed by atoms with Crippen LogP contribution in [-0.2, 0) is 9.59 Å². The summed E-state index contributed by atoms with van der Waals surface area (Å²) in [7, 11) is 0. The number of amides is 2. The molecular weight excluding hydrogens is 316 g/mol. The van der Waals surface area contributed by atoms with Gasteiger partial charge in [0.1, 0.15) is 5.75 Å². The lowest BCUT2D eigenvalue weighted by Gasteiger charge is -2.12. The van der Waals surface area contributed by atoms with Gasteiger partial charge >= 0.3 is 0 Å². The fourth-order valence-corrected chi connectivity index (χ4v) is 2.44. The zero-order valence-corrected chi connectivity index (χ0v) is 15.1. The molecule has 2 amide bonds. The first-order chi connectivity index (χ1) is 11.9. The Morgan fingerprint density at radius 3 is 2.24 bits per heavy atom. The van der Waals surface area contributed by atoms with E-state index in [1.54, 1.807) is 19.1 Å². The molecule has 2 N–H and O–H groups in total. The first-order valence-electron chi connectivity index (χ1n) is 8.29. The molecule has 0 saturated carbocycles. The van der Waals surface area contributed by atoms with Crippen LogP contribution in [0.2, 0.25) is 0 Å². The molecule has 0 aromatic heterocycles. The summed E-state index contributed by atoms with van der Waals surface area (Å²) in [6.07, 6.45) is 0.403. The quantitative estimate of drug-likeness (QED) is 0.836. The fraction of sp³-hybridized carbons (Fsp3) is 0.300. The lowest BCUT2D eigenvalue weighted by atomic mass is 10.1. The standard InChI is InChI=1S/C20H24N2O3/c1-5-19(23)22-18-11-16(7-6-15(18)4)21-20(24)12-25-17-9-13(2)8-14(3)10-17/h6-11H,5,12H2,1-4H3,(H,21,24)(H,22,23). The maximum atomic E-state index is 12.1. The van der Waals surface area contributed by atoms with Gasteiger partial charge in [-0.1, -0.05) is 19.1 Å². The Bertz CT molecular complexity index is 764. The van der Waals surface area contributed by atoms with Crippen LogP contribution in [0.5, 0.6) is 5.75 Å². The van der Waals surface area contributed by atoms with Crippen molar-refractivity contribution in [2.45, 2.75) is 34.1 Å². The van der Waals surface area contributed by atoms with Gasteiger partial charge in [-0.3, -0.25) is 9.59 Å². The first kappa shape index (κ1) is 18.5. The van der Waals surface area contributed by atoms with E-state index in [2.05, 4.69) is 10.6 Å². The van der Waals surface area contributed by atoms with Crippen LogP contribution in [-0.4, -0.2) is 18.4 Å². The molecule has 0 unspecified atom stereocenters. The summed E-state index contributed by atoms with van der Waals surface area (Å²) in [5, 5.41) is 5.61. The maximum Gasteiger partial charge on any atom is 0.262 e. The summed E-state index contributed by atoms with van der Waals surface area (Å²) in [5.41, 5.74) is 4.42. The average Bonchev–Trinajstić information content (AvgIpc) is 2.55. The van der Waals surface area contributed by atoms with E-state index in [1.807, 2.05) is 45.0 Å². The molecule has 0 atom stereocenters. The second-order valence-electron chi connectivity index (χ2n) is 6.09. The van der Waals surface area contributed by atoms with Crippen molar-refractivity contribution in [3.8, 4) is 5.75 Å². The second-order valence-corrected chi connectivity index (χ2v) is 6.09. The second kappa shape index (κ2) is 8.33. The van der Waals surface area contributed by atoms with E-state index >= 15 is 0 Å². The van der Waals surface area contributed by atoms with Gasteiger partial charge in [0.05, 0.1) is 0 Å². The highest BCUT2D eigenvalue weighted by molar-refractivity contribution is 5.95. The van der Waals surface area contributed by atoms with Crippen molar-refractivity contribution in [1.29, 1.82) is 0 Å². The normalized spacial score (nSPS) is 10.2. The van der Waals surface area contributed by atoms with E-state index in [-0.39, 0.29) is 18.4 Å². The zero-order chi connectivity index (χ0) is 18.4. The number of hydrogen-bond acceptors (Lipinski definition) is 3. The van der Waals surface area contributed by atoms with Gasteiger partial charge in [-0.15, -0.1) is 0 Å². The van der Waals surface area contributed by atoms with Crippen LogP contribution in [0.25, 0.3) is 0 Å². The third-order valence-electron chi connectivity index (χ3n) is 3.68. The molecular formula is C20H24N2O3. The maximum absolute atomic E-state index is 12.1. The van der Waals surface area contributed by atoms with Gasteiger partial charge in [0.2, 0.25) is 5.91 Å². The van der Waals surface area contributed by atoms with E-state index < -0.39 is 0 Å². The Balaban J connectivity index is 1.98. The van der Waals surface area contributed by atoms with Crippen molar-refractivity contribution in [3.63, 3.8) is 0 Å². The summed E-state index contributed by atoms with van der Waals surface area (Å²) in [6.45, 7) is 7.59. The van der Waals surface area contributed by atoms with Gasteiger partial charge in [-0.25, -0.2) is 0 Å². The van der Waals surface area contributed by atoms with Crippen LogP contribution in [0.1, 0.15) is 30.0 Å². The summed E-state index contributed by atoms with van der Waals surface area (Å²) < 4.78 is 5.56. The van der Waals surface area contributed by atoms with E-state index in [0.717, 1.165) is 16.7 Å². The van der Waals surface area contributed by atoms with E-state index in [0.29, 0.717) is 23.5 Å². The number of hydrogen-bond donors (Lipinski definition) is 2. The van der Waals surface area contributed by atoms with Crippen molar-refractivity contribution in [3.05, 3.63) is 53.1 Å². The molecule has 0 aliphatic carbocycles. The predicted octanol–water partition coefficient (Wildman–Crippen LogP) is 3.98. The third-order valence-corrected chi connectivity index (χ3v) is 3.68. The highest BCUT2D eigenvalue weighted by Gasteiger charge is 2.08. The summed E-state index contributed by atoms with van der Waals surface area (Å²) in [4.78, 5) is 23.7. The first-order valence-corrected chi connectivity index (χ1v) is 8.29. The Morgan fingerprint density at radius 1 is 0.920 bits per heavy atom. The largest absolute Gasteiger partial charge is 0.484 e. The molecule has 0 saturated heterocycles. The summed E-state index contributed by atoms with van der Waals surface area (Å²) in [5.74, 6) is 0.355. The number of nitrogens with one attached hydrogen (secondary N) is 2. The lowest BCUT2D eigenvalue weighted by molar-refractivity contribution is -0.118. The summed E-state index contributed by atoms with van der Waals surface area (Å²) >= 11 is 0. The monoisotopic (exact) mass is 340 g/mol. The van der Waals surface area contributed by atoms with Crippen LogP contribution in [0, 0.1) is 20.8 Å². The molecule has 132 valence electrons. The number of anilines is 2. The zero-order valence-electron chi connectivity index (χ0n) is 15.1. The Morgan fingerprint density at radius 2 is 1.60 bits per heavy atom. The van der Waals surface area contributed by atoms with Crippen molar-refractivity contribution in [2.75, 3.05) is 17.2 Å². The predicted molar refractivity (Wildman–Crippen MR) is 100 cm³/mol. The van der Waals surface area contributed by atoms with Crippen LogP contribution in [0.4, 0.5) is 11.4 Å². The average molecular weight is 340 g/mol. The Kier molecular flexibility index (Phi) is 6.17. The van der Waals surface area contributed by atoms with Crippen molar-refractivity contribution >= 4 is 23.2 Å².